The Morgan fingerprint density at radius 2 is 2.00 bits per heavy atom. The molecule has 18 heavy (non-hydrogen) atoms. The summed E-state index contributed by atoms with van der Waals surface area (Å²) in [6, 6.07) is 10.7. The van der Waals surface area contributed by atoms with E-state index in [-0.39, 0.29) is 10.8 Å². The Morgan fingerprint density at radius 3 is 2.67 bits per heavy atom. The monoisotopic (exact) mass is 281 g/mol. The van der Waals surface area contributed by atoms with E-state index in [9.17, 15) is 4.39 Å². The molecule has 0 heterocycles. The van der Waals surface area contributed by atoms with E-state index in [0.717, 1.165) is 21.7 Å². The van der Waals surface area contributed by atoms with Gasteiger partial charge in [0.1, 0.15) is 5.82 Å². The maximum atomic E-state index is 13.3. The summed E-state index contributed by atoms with van der Waals surface area (Å²) in [5.74, 6) is 0.336. The van der Waals surface area contributed by atoms with E-state index in [1.165, 1.54) is 6.07 Å². The summed E-state index contributed by atoms with van der Waals surface area (Å²) in [6.07, 6.45) is 0. The number of hydrogen-bond acceptors (Lipinski definition) is 2. The molecule has 0 aliphatic rings. The molecule has 0 atom stereocenters. The normalized spacial score (nSPS) is 10.6. The summed E-state index contributed by atoms with van der Waals surface area (Å²) in [4.78, 5) is 1.15. The summed E-state index contributed by atoms with van der Waals surface area (Å²) in [5, 5.41) is 0.160. The van der Waals surface area contributed by atoms with Crippen LogP contribution in [0.1, 0.15) is 11.1 Å². The minimum atomic E-state index is -0.371. The predicted octanol–water partition coefficient (Wildman–Crippen LogP) is 4.66. The fourth-order valence-electron chi connectivity index (χ4n) is 1.63. The van der Waals surface area contributed by atoms with Gasteiger partial charge in [-0.15, -0.1) is 11.8 Å². The first-order chi connectivity index (χ1) is 8.56. The molecule has 0 aliphatic carbocycles. The third-order valence-corrected chi connectivity index (χ3v) is 4.13. The van der Waals surface area contributed by atoms with Gasteiger partial charge in [-0.3, -0.25) is 0 Å². The van der Waals surface area contributed by atoms with E-state index >= 15 is 0 Å². The van der Waals surface area contributed by atoms with Gasteiger partial charge >= 0.3 is 0 Å². The Bertz CT molecular complexity index is 572. The van der Waals surface area contributed by atoms with Crippen molar-refractivity contribution in [2.75, 3.05) is 5.73 Å². The average Bonchev–Trinajstić information content (AvgIpc) is 2.32. The van der Waals surface area contributed by atoms with Crippen LogP contribution in [0.15, 0.2) is 41.3 Å². The molecule has 0 aromatic heterocycles. The van der Waals surface area contributed by atoms with Crippen molar-refractivity contribution < 1.29 is 4.39 Å². The van der Waals surface area contributed by atoms with E-state index < -0.39 is 0 Å². The Kier molecular flexibility index (Phi) is 4.15. The van der Waals surface area contributed by atoms with Crippen LogP contribution in [0.2, 0.25) is 5.02 Å². The molecule has 2 aromatic carbocycles. The fraction of sp³-hybridized carbons (Fsp3) is 0.143. The molecule has 2 rings (SSSR count). The van der Waals surface area contributed by atoms with E-state index in [4.69, 9.17) is 17.3 Å². The number of benzene rings is 2. The zero-order valence-corrected chi connectivity index (χ0v) is 11.5. The molecule has 0 unspecified atom stereocenters. The van der Waals surface area contributed by atoms with Crippen molar-refractivity contribution in [3.05, 3.63) is 58.4 Å². The average molecular weight is 282 g/mol. The minimum absolute atomic E-state index is 0.160. The molecule has 0 bridgehead atoms. The largest absolute Gasteiger partial charge is 0.399 e. The van der Waals surface area contributed by atoms with Crippen LogP contribution in [-0.2, 0) is 5.75 Å². The van der Waals surface area contributed by atoms with Crippen LogP contribution >= 0.6 is 23.4 Å². The Balaban J connectivity index is 2.09. The number of anilines is 1. The number of aryl methyl sites for hydroxylation is 1. The van der Waals surface area contributed by atoms with Gasteiger partial charge in [0.25, 0.3) is 0 Å². The van der Waals surface area contributed by atoms with Gasteiger partial charge in [0.15, 0.2) is 0 Å². The maximum Gasteiger partial charge on any atom is 0.142 e. The van der Waals surface area contributed by atoms with Gasteiger partial charge in [0, 0.05) is 16.3 Å². The summed E-state index contributed by atoms with van der Waals surface area (Å²) >= 11 is 7.30. The van der Waals surface area contributed by atoms with E-state index in [1.54, 1.807) is 17.8 Å². The summed E-state index contributed by atoms with van der Waals surface area (Å²) < 4.78 is 13.3. The van der Waals surface area contributed by atoms with Crippen LogP contribution in [0.5, 0.6) is 0 Å². The lowest BCUT2D eigenvalue weighted by molar-refractivity contribution is 0.627. The van der Waals surface area contributed by atoms with Gasteiger partial charge in [0.05, 0.1) is 5.02 Å². The highest BCUT2D eigenvalue weighted by Crippen LogP contribution is 2.28. The summed E-state index contributed by atoms with van der Waals surface area (Å²) in [6.45, 7) is 2.02. The predicted molar refractivity (Wildman–Crippen MR) is 76.6 cm³/mol. The SMILES string of the molecule is Cc1cc(N)ccc1SCc1ccc(Cl)c(F)c1. The lowest BCUT2D eigenvalue weighted by Gasteiger charge is -2.07. The highest BCUT2D eigenvalue weighted by atomic mass is 35.5. The van der Waals surface area contributed by atoms with Crippen LogP contribution in [0, 0.1) is 12.7 Å². The number of halogens is 2. The summed E-state index contributed by atoms with van der Waals surface area (Å²) in [5.41, 5.74) is 8.51. The molecule has 94 valence electrons. The van der Waals surface area contributed by atoms with Crippen molar-refractivity contribution in [2.24, 2.45) is 0 Å². The molecule has 0 amide bonds. The van der Waals surface area contributed by atoms with Crippen molar-refractivity contribution >= 4 is 29.1 Å². The number of hydrogen-bond donors (Lipinski definition) is 1. The fourth-order valence-corrected chi connectivity index (χ4v) is 2.70. The van der Waals surface area contributed by atoms with E-state index in [1.807, 2.05) is 31.2 Å². The van der Waals surface area contributed by atoms with Crippen molar-refractivity contribution in [3.63, 3.8) is 0 Å². The number of thioether (sulfide) groups is 1. The summed E-state index contributed by atoms with van der Waals surface area (Å²) in [7, 11) is 0. The lowest BCUT2D eigenvalue weighted by atomic mass is 10.2. The standard InChI is InChI=1S/C14H13ClFNS/c1-9-6-11(17)3-5-14(9)18-8-10-2-4-12(15)13(16)7-10/h2-7H,8,17H2,1H3. The van der Waals surface area contributed by atoms with Crippen LogP contribution in [0.3, 0.4) is 0 Å². The molecule has 0 radical (unpaired) electrons. The van der Waals surface area contributed by atoms with Crippen LogP contribution in [-0.4, -0.2) is 0 Å². The molecule has 4 heteroatoms. The maximum absolute atomic E-state index is 13.3. The molecule has 0 spiro atoms. The molecule has 2 aromatic rings. The number of rotatable bonds is 3. The second-order valence-corrected chi connectivity index (χ2v) is 5.49. The third kappa shape index (κ3) is 3.18. The molecular formula is C14H13ClFNS. The zero-order valence-electron chi connectivity index (χ0n) is 9.91. The van der Waals surface area contributed by atoms with Crippen LogP contribution in [0.4, 0.5) is 10.1 Å². The first-order valence-corrected chi connectivity index (χ1v) is 6.85. The molecule has 0 fully saturated rings. The third-order valence-electron chi connectivity index (χ3n) is 2.58. The second kappa shape index (κ2) is 5.63. The molecular weight excluding hydrogens is 269 g/mol. The second-order valence-electron chi connectivity index (χ2n) is 4.06. The quantitative estimate of drug-likeness (QED) is 0.654. The van der Waals surface area contributed by atoms with Crippen molar-refractivity contribution in [2.45, 2.75) is 17.6 Å². The minimum Gasteiger partial charge on any atom is -0.399 e. The van der Waals surface area contributed by atoms with E-state index in [0.29, 0.717) is 5.75 Å². The van der Waals surface area contributed by atoms with Crippen molar-refractivity contribution in [3.8, 4) is 0 Å². The highest BCUT2D eigenvalue weighted by Gasteiger charge is 2.04. The van der Waals surface area contributed by atoms with Gasteiger partial charge in [-0.2, -0.15) is 0 Å². The topological polar surface area (TPSA) is 26.0 Å². The number of nitrogen functional groups attached to an aromatic ring is 1. The molecule has 2 N–H and O–H groups in total. The number of nitrogens with two attached hydrogens (primary N) is 1. The first kappa shape index (κ1) is 13.2. The highest BCUT2D eigenvalue weighted by molar-refractivity contribution is 7.98. The van der Waals surface area contributed by atoms with Gasteiger partial charge in [-0.05, 0) is 48.4 Å². The van der Waals surface area contributed by atoms with Crippen LogP contribution < -0.4 is 5.73 Å². The van der Waals surface area contributed by atoms with E-state index in [2.05, 4.69) is 0 Å². The van der Waals surface area contributed by atoms with Crippen molar-refractivity contribution in [1.82, 2.24) is 0 Å². The van der Waals surface area contributed by atoms with Gasteiger partial charge < -0.3 is 5.73 Å². The Hall–Kier alpha value is -1.19. The molecule has 1 nitrogen and oxygen atoms in total. The van der Waals surface area contributed by atoms with Gasteiger partial charge in [0.2, 0.25) is 0 Å². The van der Waals surface area contributed by atoms with Crippen LogP contribution in [0.25, 0.3) is 0 Å². The lowest BCUT2D eigenvalue weighted by Crippen LogP contribution is -1.88. The molecule has 0 aliphatic heterocycles. The Labute approximate surface area is 115 Å². The smallest absolute Gasteiger partial charge is 0.142 e. The van der Waals surface area contributed by atoms with Crippen molar-refractivity contribution in [1.29, 1.82) is 0 Å². The molecule has 0 saturated carbocycles. The molecule has 0 saturated heterocycles. The van der Waals surface area contributed by atoms with Gasteiger partial charge in [-0.25, -0.2) is 4.39 Å². The van der Waals surface area contributed by atoms with Gasteiger partial charge in [-0.1, -0.05) is 17.7 Å². The zero-order chi connectivity index (χ0) is 13.1. The Morgan fingerprint density at radius 1 is 1.22 bits per heavy atom. The first-order valence-electron chi connectivity index (χ1n) is 5.49.